The van der Waals surface area contributed by atoms with Gasteiger partial charge in [-0.2, -0.15) is 4.98 Å². The normalized spacial score (nSPS) is 10.3. The van der Waals surface area contributed by atoms with Gasteiger partial charge in [-0.15, -0.1) is 0 Å². The van der Waals surface area contributed by atoms with Crippen molar-refractivity contribution in [3.63, 3.8) is 0 Å². The summed E-state index contributed by atoms with van der Waals surface area (Å²) >= 11 is 0. The fourth-order valence-corrected chi connectivity index (χ4v) is 1.59. The molecule has 3 N–H and O–H groups in total. The molecule has 0 aliphatic rings. The highest BCUT2D eigenvalue weighted by Crippen LogP contribution is 2.22. The minimum atomic E-state index is 0.608. The van der Waals surface area contributed by atoms with Gasteiger partial charge >= 0.3 is 0 Å². The predicted octanol–water partition coefficient (Wildman–Crippen LogP) is 1.71. The smallest absolute Gasteiger partial charge is 0.228 e. The van der Waals surface area contributed by atoms with Crippen molar-refractivity contribution in [1.29, 1.82) is 0 Å². The number of nitrogens with one attached hydrogen (secondary N) is 1. The Morgan fingerprint density at radius 1 is 1.39 bits per heavy atom. The standard InChI is InChI=1S/C12H16N4O2/c1-2-17-11-6-9(13)5-10(7-11)14-4-3-12-15-8-16-18-12/h5-8,14H,2-4,13H2,1H3. The fraction of sp³-hybridized carbons (Fsp3) is 0.333. The van der Waals surface area contributed by atoms with Gasteiger partial charge in [0.05, 0.1) is 6.61 Å². The molecule has 1 heterocycles. The Morgan fingerprint density at radius 2 is 2.28 bits per heavy atom. The maximum absolute atomic E-state index is 5.80. The van der Waals surface area contributed by atoms with Crippen LogP contribution in [-0.2, 0) is 6.42 Å². The highest BCUT2D eigenvalue weighted by atomic mass is 16.5. The molecule has 96 valence electrons. The lowest BCUT2D eigenvalue weighted by Crippen LogP contribution is -2.06. The highest BCUT2D eigenvalue weighted by Gasteiger charge is 2.01. The van der Waals surface area contributed by atoms with E-state index in [0.717, 1.165) is 11.4 Å². The Morgan fingerprint density at radius 3 is 3.00 bits per heavy atom. The second-order valence-electron chi connectivity index (χ2n) is 3.74. The van der Waals surface area contributed by atoms with Crippen LogP contribution in [0.1, 0.15) is 12.8 Å². The molecule has 6 nitrogen and oxygen atoms in total. The summed E-state index contributed by atoms with van der Waals surface area (Å²) in [5.41, 5.74) is 7.38. The molecule has 0 bridgehead atoms. The van der Waals surface area contributed by atoms with Crippen LogP contribution in [-0.4, -0.2) is 23.3 Å². The average molecular weight is 248 g/mol. The Labute approximate surface area is 105 Å². The number of hydrogen-bond acceptors (Lipinski definition) is 6. The number of benzene rings is 1. The van der Waals surface area contributed by atoms with Crippen LogP contribution in [0.25, 0.3) is 0 Å². The first-order valence-electron chi connectivity index (χ1n) is 5.80. The average Bonchev–Trinajstić information content (AvgIpc) is 2.82. The molecule has 1 aromatic carbocycles. The van der Waals surface area contributed by atoms with Crippen LogP contribution in [0, 0.1) is 0 Å². The van der Waals surface area contributed by atoms with Gasteiger partial charge in [0.1, 0.15) is 5.75 Å². The Bertz CT molecular complexity index is 485. The van der Waals surface area contributed by atoms with Crippen molar-refractivity contribution in [2.75, 3.05) is 24.2 Å². The van der Waals surface area contributed by atoms with Crippen molar-refractivity contribution in [2.45, 2.75) is 13.3 Å². The number of nitrogens with two attached hydrogens (primary N) is 1. The molecule has 0 spiro atoms. The molecular weight excluding hydrogens is 232 g/mol. The van der Waals surface area contributed by atoms with Gasteiger partial charge in [0.15, 0.2) is 6.33 Å². The fourth-order valence-electron chi connectivity index (χ4n) is 1.59. The zero-order valence-corrected chi connectivity index (χ0v) is 10.2. The van der Waals surface area contributed by atoms with E-state index in [0.29, 0.717) is 31.2 Å². The van der Waals surface area contributed by atoms with Crippen LogP contribution in [0.5, 0.6) is 5.75 Å². The summed E-state index contributed by atoms with van der Waals surface area (Å²) < 4.78 is 10.3. The number of nitrogen functional groups attached to an aromatic ring is 1. The monoisotopic (exact) mass is 248 g/mol. The summed E-state index contributed by atoms with van der Waals surface area (Å²) in [7, 11) is 0. The molecule has 2 rings (SSSR count). The summed E-state index contributed by atoms with van der Waals surface area (Å²) in [5.74, 6) is 1.37. The van der Waals surface area contributed by atoms with Crippen LogP contribution >= 0.6 is 0 Å². The quantitative estimate of drug-likeness (QED) is 0.757. The largest absolute Gasteiger partial charge is 0.494 e. The molecule has 0 amide bonds. The molecule has 0 saturated carbocycles. The van der Waals surface area contributed by atoms with Crippen LogP contribution in [0.3, 0.4) is 0 Å². The Hall–Kier alpha value is -2.24. The maximum atomic E-state index is 5.80. The minimum absolute atomic E-state index is 0.608. The first-order valence-corrected chi connectivity index (χ1v) is 5.80. The molecule has 0 aliphatic carbocycles. The van der Waals surface area contributed by atoms with Crippen molar-refractivity contribution < 1.29 is 9.26 Å². The lowest BCUT2D eigenvalue weighted by molar-refractivity contribution is 0.340. The van der Waals surface area contributed by atoms with Crippen LogP contribution in [0.4, 0.5) is 11.4 Å². The summed E-state index contributed by atoms with van der Waals surface area (Å²) in [5, 5.41) is 6.78. The molecule has 2 aromatic rings. The molecule has 0 fully saturated rings. The third kappa shape index (κ3) is 3.38. The summed E-state index contributed by atoms with van der Waals surface area (Å²) in [4.78, 5) is 3.94. The number of ether oxygens (including phenoxy) is 1. The van der Waals surface area contributed by atoms with Crippen LogP contribution in [0.2, 0.25) is 0 Å². The lowest BCUT2D eigenvalue weighted by atomic mass is 10.2. The van der Waals surface area contributed by atoms with Crippen molar-refractivity contribution in [3.8, 4) is 5.75 Å². The van der Waals surface area contributed by atoms with E-state index in [9.17, 15) is 0 Å². The highest BCUT2D eigenvalue weighted by molar-refractivity contribution is 5.59. The van der Waals surface area contributed by atoms with Crippen LogP contribution in [0.15, 0.2) is 29.0 Å². The van der Waals surface area contributed by atoms with E-state index in [1.54, 1.807) is 6.07 Å². The minimum Gasteiger partial charge on any atom is -0.494 e. The van der Waals surface area contributed by atoms with Gasteiger partial charge in [-0.3, -0.25) is 0 Å². The van der Waals surface area contributed by atoms with Crippen molar-refractivity contribution in [1.82, 2.24) is 10.1 Å². The second-order valence-corrected chi connectivity index (χ2v) is 3.74. The van der Waals surface area contributed by atoms with Gasteiger partial charge in [-0.05, 0) is 13.0 Å². The SMILES string of the molecule is CCOc1cc(N)cc(NCCc2ncno2)c1. The molecule has 0 saturated heterocycles. The maximum Gasteiger partial charge on any atom is 0.228 e. The Balaban J connectivity index is 1.92. The molecule has 0 unspecified atom stereocenters. The number of aromatic nitrogens is 2. The second kappa shape index (κ2) is 5.90. The molecule has 0 atom stereocenters. The van der Waals surface area contributed by atoms with Crippen molar-refractivity contribution >= 4 is 11.4 Å². The van der Waals surface area contributed by atoms with E-state index in [4.69, 9.17) is 15.0 Å². The molecule has 6 heteroatoms. The molecule has 0 aliphatic heterocycles. The zero-order valence-electron chi connectivity index (χ0n) is 10.2. The third-order valence-corrected chi connectivity index (χ3v) is 2.31. The van der Waals surface area contributed by atoms with Gasteiger partial charge in [0.2, 0.25) is 5.89 Å². The number of rotatable bonds is 6. The molecule has 0 radical (unpaired) electrons. The van der Waals surface area contributed by atoms with E-state index in [-0.39, 0.29) is 0 Å². The summed E-state index contributed by atoms with van der Waals surface area (Å²) in [6.45, 7) is 3.24. The van der Waals surface area contributed by atoms with Gasteiger partial charge < -0.3 is 20.3 Å². The number of anilines is 2. The molecule has 1 aromatic heterocycles. The first kappa shape index (κ1) is 12.2. The van der Waals surface area contributed by atoms with Crippen molar-refractivity contribution in [3.05, 3.63) is 30.4 Å². The van der Waals surface area contributed by atoms with E-state index < -0.39 is 0 Å². The van der Waals surface area contributed by atoms with E-state index >= 15 is 0 Å². The first-order chi connectivity index (χ1) is 8.78. The van der Waals surface area contributed by atoms with E-state index in [1.807, 2.05) is 19.1 Å². The summed E-state index contributed by atoms with van der Waals surface area (Å²) in [6, 6.07) is 5.57. The van der Waals surface area contributed by atoms with E-state index in [2.05, 4.69) is 15.5 Å². The van der Waals surface area contributed by atoms with Gasteiger partial charge in [-0.25, -0.2) is 0 Å². The molecule has 18 heavy (non-hydrogen) atoms. The number of hydrogen-bond donors (Lipinski definition) is 2. The molecular formula is C12H16N4O2. The topological polar surface area (TPSA) is 86.2 Å². The van der Waals surface area contributed by atoms with Gasteiger partial charge in [0, 0.05) is 36.5 Å². The predicted molar refractivity (Wildman–Crippen MR) is 68.5 cm³/mol. The van der Waals surface area contributed by atoms with Crippen molar-refractivity contribution in [2.24, 2.45) is 0 Å². The van der Waals surface area contributed by atoms with E-state index in [1.165, 1.54) is 6.33 Å². The zero-order chi connectivity index (χ0) is 12.8. The number of nitrogens with zero attached hydrogens (tertiary/aromatic N) is 2. The van der Waals surface area contributed by atoms with Crippen LogP contribution < -0.4 is 15.8 Å². The lowest BCUT2D eigenvalue weighted by Gasteiger charge is -2.09. The third-order valence-electron chi connectivity index (χ3n) is 2.31. The van der Waals surface area contributed by atoms with Gasteiger partial charge in [0.25, 0.3) is 0 Å². The summed E-state index contributed by atoms with van der Waals surface area (Å²) in [6.07, 6.45) is 2.06. The van der Waals surface area contributed by atoms with Gasteiger partial charge in [-0.1, -0.05) is 5.16 Å². The Kier molecular flexibility index (Phi) is 4.01.